The molecule has 2 aromatic heterocycles. The zero-order valence-corrected chi connectivity index (χ0v) is 22.4. The lowest BCUT2D eigenvalue weighted by molar-refractivity contribution is -0.149. The number of benzene rings is 2. The van der Waals surface area contributed by atoms with Crippen molar-refractivity contribution < 1.29 is 19.2 Å². The first-order chi connectivity index (χ1) is 18.1. The monoisotopic (exact) mass is 532 g/mol. The molecule has 0 spiro atoms. The normalized spacial score (nSPS) is 11.8. The Morgan fingerprint density at radius 2 is 1.89 bits per heavy atom. The maximum absolute atomic E-state index is 13.1. The molecular formula is C29H29ClN4O4. The van der Waals surface area contributed by atoms with Crippen LogP contribution in [0.25, 0.3) is 17.3 Å². The molecule has 196 valence electrons. The van der Waals surface area contributed by atoms with E-state index in [-0.39, 0.29) is 5.70 Å². The molecule has 0 saturated carbocycles. The van der Waals surface area contributed by atoms with Crippen molar-refractivity contribution in [3.63, 3.8) is 0 Å². The van der Waals surface area contributed by atoms with Crippen LogP contribution >= 0.6 is 11.6 Å². The molecule has 0 bridgehead atoms. The highest BCUT2D eigenvalue weighted by Gasteiger charge is 2.23. The van der Waals surface area contributed by atoms with Gasteiger partial charge in [0.2, 0.25) is 0 Å². The molecule has 38 heavy (non-hydrogen) atoms. The van der Waals surface area contributed by atoms with Crippen molar-refractivity contribution >= 4 is 35.2 Å². The zero-order chi connectivity index (χ0) is 27.3. The molecule has 2 N–H and O–H groups in total. The number of aromatic nitrogens is 2. The van der Waals surface area contributed by atoms with Crippen LogP contribution in [0.3, 0.4) is 0 Å². The summed E-state index contributed by atoms with van der Waals surface area (Å²) in [7, 11) is 1.49. The molecule has 0 atom stereocenters. The number of hydroxylamine groups is 1. The topological polar surface area (TPSA) is 101 Å². The second-order valence-corrected chi connectivity index (χ2v) is 9.95. The predicted molar refractivity (Wildman–Crippen MR) is 148 cm³/mol. The van der Waals surface area contributed by atoms with E-state index in [2.05, 4.69) is 10.3 Å². The highest BCUT2D eigenvalue weighted by molar-refractivity contribution is 6.35. The van der Waals surface area contributed by atoms with Gasteiger partial charge in [-0.25, -0.2) is 14.8 Å². The lowest BCUT2D eigenvalue weighted by atomic mass is 10.1. The van der Waals surface area contributed by atoms with Gasteiger partial charge in [0, 0.05) is 25.1 Å². The number of furan rings is 1. The molecule has 0 fully saturated rings. The SMILES string of the molecule is CN(O)c1cccc(-c2cnc(N/C(=C\c3ccco3)C(=O)OC(C)(C)C)c(Cc3ccccc3)n2)c1Cl. The highest BCUT2D eigenvalue weighted by Crippen LogP contribution is 2.35. The largest absolute Gasteiger partial charge is 0.465 e. The fraction of sp³-hybridized carbons (Fsp3) is 0.207. The van der Waals surface area contributed by atoms with E-state index in [1.807, 2.05) is 36.4 Å². The summed E-state index contributed by atoms with van der Waals surface area (Å²) < 4.78 is 11.0. The number of carbonyl (C=O) groups excluding carboxylic acids is 1. The number of carbonyl (C=O) groups is 1. The van der Waals surface area contributed by atoms with Gasteiger partial charge in [-0.05, 0) is 44.5 Å². The van der Waals surface area contributed by atoms with Crippen LogP contribution in [0, 0.1) is 0 Å². The zero-order valence-electron chi connectivity index (χ0n) is 21.6. The number of nitrogens with one attached hydrogen (secondary N) is 1. The van der Waals surface area contributed by atoms with Gasteiger partial charge >= 0.3 is 5.97 Å². The van der Waals surface area contributed by atoms with Gasteiger partial charge in [-0.3, -0.25) is 10.3 Å². The molecule has 0 saturated heterocycles. The van der Waals surface area contributed by atoms with Crippen molar-refractivity contribution in [2.24, 2.45) is 0 Å². The molecule has 0 unspecified atom stereocenters. The third-order valence-corrected chi connectivity index (χ3v) is 5.76. The summed E-state index contributed by atoms with van der Waals surface area (Å²) in [5.41, 5.74) is 2.60. The fourth-order valence-corrected chi connectivity index (χ4v) is 4.01. The first-order valence-electron chi connectivity index (χ1n) is 12.0. The van der Waals surface area contributed by atoms with E-state index in [9.17, 15) is 10.0 Å². The molecule has 8 nitrogen and oxygen atoms in total. The molecule has 0 radical (unpaired) electrons. The van der Waals surface area contributed by atoms with Crippen LogP contribution in [0.15, 0.2) is 83.2 Å². The number of rotatable bonds is 8. The maximum Gasteiger partial charge on any atom is 0.355 e. The molecule has 0 aliphatic heterocycles. The van der Waals surface area contributed by atoms with Crippen LogP contribution in [-0.2, 0) is 16.0 Å². The summed E-state index contributed by atoms with van der Waals surface area (Å²) in [4.78, 5) is 22.6. The van der Waals surface area contributed by atoms with Crippen molar-refractivity contribution in [1.29, 1.82) is 0 Å². The van der Waals surface area contributed by atoms with Gasteiger partial charge in [-0.1, -0.05) is 54.1 Å². The Morgan fingerprint density at radius 3 is 2.55 bits per heavy atom. The molecule has 0 amide bonds. The van der Waals surface area contributed by atoms with Crippen LogP contribution in [-0.4, -0.2) is 33.8 Å². The molecule has 2 aromatic carbocycles. The maximum atomic E-state index is 13.1. The number of nitrogens with zero attached hydrogens (tertiary/aromatic N) is 3. The standard InChI is InChI=1S/C29H29ClN4O4/c1-29(2,3)38-28(35)23(17-20-12-9-15-37-20)33-27-22(16-19-10-6-5-7-11-19)32-24(18-31-27)21-13-8-14-25(26(21)30)34(4)36/h5-15,17-18,36H,16H2,1-4H3,(H,31,33)/b23-17-. The summed E-state index contributed by atoms with van der Waals surface area (Å²) >= 11 is 6.59. The van der Waals surface area contributed by atoms with Gasteiger partial charge in [0.15, 0.2) is 5.82 Å². The third kappa shape index (κ3) is 6.79. The van der Waals surface area contributed by atoms with E-state index in [0.29, 0.717) is 45.7 Å². The van der Waals surface area contributed by atoms with Gasteiger partial charge in [0.25, 0.3) is 0 Å². The molecule has 9 heteroatoms. The van der Waals surface area contributed by atoms with Crippen molar-refractivity contribution in [1.82, 2.24) is 9.97 Å². The summed E-state index contributed by atoms with van der Waals surface area (Å²) in [5.74, 6) is 0.296. The van der Waals surface area contributed by atoms with Crippen LogP contribution in [0.4, 0.5) is 11.5 Å². The Labute approximate surface area is 226 Å². The van der Waals surface area contributed by atoms with Gasteiger partial charge in [0.05, 0.1) is 34.6 Å². The second kappa shape index (κ2) is 11.5. The van der Waals surface area contributed by atoms with E-state index in [0.717, 1.165) is 10.6 Å². The van der Waals surface area contributed by atoms with Crippen molar-refractivity contribution in [2.45, 2.75) is 32.8 Å². The van der Waals surface area contributed by atoms with Crippen molar-refractivity contribution in [3.8, 4) is 11.3 Å². The molecule has 4 aromatic rings. The summed E-state index contributed by atoms with van der Waals surface area (Å²) in [6.45, 7) is 5.39. The minimum atomic E-state index is -0.703. The average molecular weight is 533 g/mol. The Kier molecular flexibility index (Phi) is 8.14. The Balaban J connectivity index is 1.78. The van der Waals surface area contributed by atoms with E-state index in [1.165, 1.54) is 13.3 Å². The van der Waals surface area contributed by atoms with Gasteiger partial charge in [-0.2, -0.15) is 0 Å². The Bertz CT molecular complexity index is 1430. The number of esters is 1. The number of hydrogen-bond acceptors (Lipinski definition) is 8. The predicted octanol–water partition coefficient (Wildman–Crippen LogP) is 6.60. The van der Waals surface area contributed by atoms with Gasteiger partial charge in [-0.15, -0.1) is 0 Å². The number of halogens is 1. The molecular weight excluding hydrogens is 504 g/mol. The first kappa shape index (κ1) is 26.9. The summed E-state index contributed by atoms with van der Waals surface area (Å²) in [6.07, 6.45) is 5.09. The van der Waals surface area contributed by atoms with E-state index < -0.39 is 11.6 Å². The molecule has 0 aliphatic rings. The van der Waals surface area contributed by atoms with Crippen LogP contribution in [0.5, 0.6) is 0 Å². The summed E-state index contributed by atoms with van der Waals surface area (Å²) in [5, 5.41) is 14.4. The fourth-order valence-electron chi connectivity index (χ4n) is 3.66. The Morgan fingerprint density at radius 1 is 1.13 bits per heavy atom. The lowest BCUT2D eigenvalue weighted by Crippen LogP contribution is -2.27. The van der Waals surface area contributed by atoms with Crippen LogP contribution < -0.4 is 10.4 Å². The number of anilines is 2. The highest BCUT2D eigenvalue weighted by atomic mass is 35.5. The van der Waals surface area contributed by atoms with Crippen LogP contribution in [0.1, 0.15) is 37.8 Å². The lowest BCUT2D eigenvalue weighted by Gasteiger charge is -2.21. The van der Waals surface area contributed by atoms with E-state index in [4.69, 9.17) is 25.7 Å². The minimum absolute atomic E-state index is 0.146. The molecule has 0 aliphatic carbocycles. The van der Waals surface area contributed by atoms with Crippen molar-refractivity contribution in [3.05, 3.63) is 101 Å². The first-order valence-corrected chi connectivity index (χ1v) is 12.4. The summed E-state index contributed by atoms with van der Waals surface area (Å²) in [6, 6.07) is 18.6. The molecule has 4 rings (SSSR count). The number of hydrogen-bond donors (Lipinski definition) is 2. The molecule has 2 heterocycles. The average Bonchev–Trinajstić information content (AvgIpc) is 3.37. The third-order valence-electron chi connectivity index (χ3n) is 5.36. The minimum Gasteiger partial charge on any atom is -0.465 e. The van der Waals surface area contributed by atoms with Crippen LogP contribution in [0.2, 0.25) is 5.02 Å². The van der Waals surface area contributed by atoms with E-state index >= 15 is 0 Å². The quantitative estimate of drug-likeness (QED) is 0.149. The van der Waals surface area contributed by atoms with Gasteiger partial charge < -0.3 is 14.5 Å². The Hall–Kier alpha value is -4.14. The second-order valence-electron chi connectivity index (χ2n) is 9.58. The smallest absolute Gasteiger partial charge is 0.355 e. The van der Waals surface area contributed by atoms with E-state index in [1.54, 1.807) is 57.3 Å². The van der Waals surface area contributed by atoms with Gasteiger partial charge in [0.1, 0.15) is 17.1 Å². The number of ether oxygens (including phenoxy) is 1. The van der Waals surface area contributed by atoms with Crippen molar-refractivity contribution in [2.75, 3.05) is 17.4 Å².